The summed E-state index contributed by atoms with van der Waals surface area (Å²) in [5, 5.41) is 8.33. The van der Waals surface area contributed by atoms with Crippen molar-refractivity contribution in [3.05, 3.63) is 18.3 Å². The van der Waals surface area contributed by atoms with Gasteiger partial charge in [0.05, 0.1) is 5.69 Å². The maximum atomic E-state index is 12.2. The van der Waals surface area contributed by atoms with E-state index in [9.17, 15) is 9.59 Å². The lowest BCUT2D eigenvalue weighted by atomic mass is 10.2. The van der Waals surface area contributed by atoms with Gasteiger partial charge in [-0.2, -0.15) is 0 Å². The highest BCUT2D eigenvalue weighted by Crippen LogP contribution is 2.25. The summed E-state index contributed by atoms with van der Waals surface area (Å²) in [6.07, 6.45) is 4.84. The first-order chi connectivity index (χ1) is 11.5. The van der Waals surface area contributed by atoms with Crippen molar-refractivity contribution in [3.63, 3.8) is 0 Å². The summed E-state index contributed by atoms with van der Waals surface area (Å²) in [4.78, 5) is 30.7. The van der Waals surface area contributed by atoms with E-state index in [4.69, 9.17) is 0 Å². The lowest BCUT2D eigenvalue weighted by Gasteiger charge is -2.21. The molecule has 0 aromatic carbocycles. The fourth-order valence-corrected chi connectivity index (χ4v) is 2.57. The molecule has 1 aliphatic rings. The number of nitrogens with one attached hydrogen (secondary N) is 3. The number of rotatable bonds is 6. The van der Waals surface area contributed by atoms with Crippen LogP contribution in [0.25, 0.3) is 0 Å². The lowest BCUT2D eigenvalue weighted by molar-refractivity contribution is -0.123. The van der Waals surface area contributed by atoms with Crippen LogP contribution in [-0.2, 0) is 4.79 Å². The summed E-state index contributed by atoms with van der Waals surface area (Å²) in [5.41, 5.74) is 0.659. The molecule has 3 N–H and O–H groups in total. The quantitative estimate of drug-likeness (QED) is 0.744. The maximum Gasteiger partial charge on any atom is 0.319 e. The predicted octanol–water partition coefficient (Wildman–Crippen LogP) is 2.11. The average Bonchev–Trinajstić information content (AvgIpc) is 3.09. The topological polar surface area (TPSA) is 86.4 Å². The zero-order valence-corrected chi connectivity index (χ0v) is 14.6. The molecule has 2 atom stereocenters. The Morgan fingerprint density at radius 1 is 1.25 bits per heavy atom. The van der Waals surface area contributed by atoms with Crippen molar-refractivity contribution in [1.82, 2.24) is 15.6 Å². The van der Waals surface area contributed by atoms with Crippen molar-refractivity contribution < 1.29 is 9.59 Å². The molecule has 3 amide bonds. The molecule has 132 valence electrons. The molecule has 0 spiro atoms. The number of pyridine rings is 1. The van der Waals surface area contributed by atoms with Crippen LogP contribution in [0.4, 0.5) is 16.3 Å². The number of aromatic nitrogens is 1. The van der Waals surface area contributed by atoms with E-state index >= 15 is 0 Å². The molecule has 0 saturated carbocycles. The normalized spacial score (nSPS) is 16.4. The van der Waals surface area contributed by atoms with Crippen LogP contribution >= 0.6 is 0 Å². The highest BCUT2D eigenvalue weighted by atomic mass is 16.2. The SMILES string of the molecule is CC[C@@H](C)NC(=O)[C@H](C)NC(=O)Nc1cccnc1N1CCCC1. The number of anilines is 2. The molecule has 7 nitrogen and oxygen atoms in total. The van der Waals surface area contributed by atoms with Gasteiger partial charge < -0.3 is 20.9 Å². The van der Waals surface area contributed by atoms with Crippen molar-refractivity contribution in [2.75, 3.05) is 23.3 Å². The fourth-order valence-electron chi connectivity index (χ4n) is 2.57. The Bertz CT molecular complexity index is 572. The van der Waals surface area contributed by atoms with Gasteiger partial charge >= 0.3 is 6.03 Å². The van der Waals surface area contributed by atoms with Crippen LogP contribution in [-0.4, -0.2) is 42.1 Å². The van der Waals surface area contributed by atoms with E-state index in [0.29, 0.717) is 5.69 Å². The molecule has 7 heteroatoms. The third-order valence-corrected chi connectivity index (χ3v) is 4.18. The van der Waals surface area contributed by atoms with E-state index in [2.05, 4.69) is 25.8 Å². The summed E-state index contributed by atoms with van der Waals surface area (Å²) in [6.45, 7) is 7.49. The van der Waals surface area contributed by atoms with Crippen LogP contribution in [0.3, 0.4) is 0 Å². The van der Waals surface area contributed by atoms with E-state index in [0.717, 1.165) is 38.2 Å². The van der Waals surface area contributed by atoms with Crippen LogP contribution in [0.5, 0.6) is 0 Å². The molecule has 1 fully saturated rings. The summed E-state index contributed by atoms with van der Waals surface area (Å²) in [6, 6.07) is 2.68. The zero-order valence-electron chi connectivity index (χ0n) is 14.6. The van der Waals surface area contributed by atoms with E-state index in [1.54, 1.807) is 19.2 Å². The third kappa shape index (κ3) is 4.84. The van der Waals surface area contributed by atoms with Gasteiger partial charge in [-0.25, -0.2) is 9.78 Å². The van der Waals surface area contributed by atoms with Gasteiger partial charge in [-0.3, -0.25) is 4.79 Å². The van der Waals surface area contributed by atoms with Crippen LogP contribution in [0.1, 0.15) is 40.0 Å². The second kappa shape index (κ2) is 8.52. The minimum absolute atomic E-state index is 0.0879. The van der Waals surface area contributed by atoms with Crippen LogP contribution in [0, 0.1) is 0 Å². The lowest BCUT2D eigenvalue weighted by Crippen LogP contribution is -2.48. The molecule has 0 bridgehead atoms. The van der Waals surface area contributed by atoms with Crippen LogP contribution < -0.4 is 20.9 Å². The maximum absolute atomic E-state index is 12.2. The number of hydrogen-bond acceptors (Lipinski definition) is 4. The number of hydrogen-bond donors (Lipinski definition) is 3. The van der Waals surface area contributed by atoms with Crippen LogP contribution in [0.15, 0.2) is 18.3 Å². The second-order valence-corrected chi connectivity index (χ2v) is 6.21. The summed E-state index contributed by atoms with van der Waals surface area (Å²) >= 11 is 0. The van der Waals surface area contributed by atoms with Gasteiger partial charge in [0.25, 0.3) is 0 Å². The Labute approximate surface area is 143 Å². The van der Waals surface area contributed by atoms with E-state index in [1.165, 1.54) is 0 Å². The van der Waals surface area contributed by atoms with Gasteiger partial charge in [0.2, 0.25) is 5.91 Å². The highest BCUT2D eigenvalue weighted by Gasteiger charge is 2.20. The van der Waals surface area contributed by atoms with Gasteiger partial charge in [-0.15, -0.1) is 0 Å². The number of carbonyl (C=O) groups excluding carboxylic acids is 2. The summed E-state index contributed by atoms with van der Waals surface area (Å²) in [5.74, 6) is 0.590. The first kappa shape index (κ1) is 18.0. The monoisotopic (exact) mass is 333 g/mol. The molecular weight excluding hydrogens is 306 g/mol. The highest BCUT2D eigenvalue weighted by molar-refractivity contribution is 5.95. The molecule has 1 aromatic rings. The fraction of sp³-hybridized carbons (Fsp3) is 0.588. The molecule has 2 rings (SSSR count). The number of carbonyl (C=O) groups is 2. The smallest absolute Gasteiger partial charge is 0.319 e. The van der Waals surface area contributed by atoms with Crippen molar-refractivity contribution in [2.24, 2.45) is 0 Å². The Morgan fingerprint density at radius 2 is 1.96 bits per heavy atom. The van der Waals surface area contributed by atoms with E-state index in [-0.39, 0.29) is 11.9 Å². The second-order valence-electron chi connectivity index (χ2n) is 6.21. The standard InChI is InChI=1S/C17H27N5O2/c1-4-12(2)19-16(23)13(3)20-17(24)21-14-8-7-9-18-15(14)22-10-5-6-11-22/h7-9,12-13H,4-6,10-11H2,1-3H3,(H,19,23)(H2,20,21,24)/t12-,13+/m1/s1. The zero-order chi connectivity index (χ0) is 17.5. The van der Waals surface area contributed by atoms with Crippen LogP contribution in [0.2, 0.25) is 0 Å². The summed E-state index contributed by atoms with van der Waals surface area (Å²) in [7, 11) is 0. The average molecular weight is 333 g/mol. The van der Waals surface area contributed by atoms with Crippen molar-refractivity contribution in [2.45, 2.75) is 52.1 Å². The van der Waals surface area contributed by atoms with E-state index in [1.807, 2.05) is 19.9 Å². The number of nitrogens with zero attached hydrogens (tertiary/aromatic N) is 2. The molecule has 24 heavy (non-hydrogen) atoms. The van der Waals surface area contributed by atoms with Crippen molar-refractivity contribution >= 4 is 23.4 Å². The van der Waals surface area contributed by atoms with E-state index < -0.39 is 12.1 Å². The Hall–Kier alpha value is -2.31. The minimum Gasteiger partial charge on any atom is -0.355 e. The van der Waals surface area contributed by atoms with Gasteiger partial charge in [0.1, 0.15) is 6.04 Å². The molecule has 1 saturated heterocycles. The molecule has 0 radical (unpaired) electrons. The Kier molecular flexibility index (Phi) is 6.40. The molecule has 2 heterocycles. The van der Waals surface area contributed by atoms with Gasteiger partial charge in [-0.1, -0.05) is 6.92 Å². The van der Waals surface area contributed by atoms with Gasteiger partial charge in [0.15, 0.2) is 5.82 Å². The first-order valence-electron chi connectivity index (χ1n) is 8.59. The predicted molar refractivity (Wildman–Crippen MR) is 95.2 cm³/mol. The Morgan fingerprint density at radius 3 is 2.62 bits per heavy atom. The molecule has 0 unspecified atom stereocenters. The molecular formula is C17H27N5O2. The molecule has 1 aliphatic heterocycles. The van der Waals surface area contributed by atoms with Gasteiger partial charge in [0, 0.05) is 25.3 Å². The van der Waals surface area contributed by atoms with Gasteiger partial charge in [-0.05, 0) is 45.2 Å². The third-order valence-electron chi connectivity index (χ3n) is 4.18. The number of amides is 3. The summed E-state index contributed by atoms with van der Waals surface area (Å²) < 4.78 is 0. The van der Waals surface area contributed by atoms with Crippen molar-refractivity contribution in [1.29, 1.82) is 0 Å². The molecule has 0 aliphatic carbocycles. The Balaban J connectivity index is 1.94. The minimum atomic E-state index is -0.606. The van der Waals surface area contributed by atoms with Crippen molar-refractivity contribution in [3.8, 4) is 0 Å². The largest absolute Gasteiger partial charge is 0.355 e. The first-order valence-corrected chi connectivity index (χ1v) is 8.59. The number of urea groups is 1. The molecule has 1 aromatic heterocycles.